The zero-order valence-corrected chi connectivity index (χ0v) is 16.4. The molecule has 0 saturated heterocycles. The zero-order valence-electron chi connectivity index (χ0n) is 12.5. The summed E-state index contributed by atoms with van der Waals surface area (Å²) in [5.41, 5.74) is 7.59. The van der Waals surface area contributed by atoms with Crippen molar-refractivity contribution in [1.29, 1.82) is 0 Å². The van der Waals surface area contributed by atoms with E-state index in [0.717, 1.165) is 42.0 Å². The summed E-state index contributed by atoms with van der Waals surface area (Å²) in [6, 6.07) is 3.91. The molecule has 22 heavy (non-hydrogen) atoms. The molecular weight excluding hydrogens is 461 g/mol. The number of hydrogen-bond acceptors (Lipinski definition) is 3. The fraction of sp³-hybridized carbons (Fsp3) is 0.429. The Labute approximate surface area is 155 Å². The summed E-state index contributed by atoms with van der Waals surface area (Å²) >= 11 is 3.43. The number of aliphatic imine (C=N–C) groups is 1. The maximum Gasteiger partial charge on any atom is 0.188 e. The monoisotopic (exact) mass is 481 g/mol. The molecule has 2 heterocycles. The lowest BCUT2D eigenvalue weighted by atomic mass is 10.4. The standard InChI is InChI=1S/C14H20BrN5O.HI/c1-2-21-7-3-6-17-14(16)18-8-12-10-20-9-11(15)4-5-13(20)19-12;/h4-5,9-10H,2-3,6-8H2,1H3,(H3,16,17,18);1H. The second kappa shape index (κ2) is 10.0. The third kappa shape index (κ3) is 6.09. The number of guanidine groups is 1. The molecule has 0 aliphatic heterocycles. The molecule has 2 rings (SSSR count). The molecule has 2 aromatic rings. The van der Waals surface area contributed by atoms with E-state index in [9.17, 15) is 0 Å². The number of fused-ring (bicyclic) bond motifs is 1. The summed E-state index contributed by atoms with van der Waals surface area (Å²) in [6.45, 7) is 4.68. The molecule has 0 radical (unpaired) electrons. The van der Waals surface area contributed by atoms with Gasteiger partial charge in [-0.2, -0.15) is 0 Å². The average Bonchev–Trinajstić information content (AvgIpc) is 2.87. The number of imidazole rings is 1. The van der Waals surface area contributed by atoms with Crippen molar-refractivity contribution in [2.75, 3.05) is 19.8 Å². The van der Waals surface area contributed by atoms with Gasteiger partial charge in [0, 0.05) is 36.6 Å². The van der Waals surface area contributed by atoms with Gasteiger partial charge in [-0.25, -0.2) is 9.98 Å². The quantitative estimate of drug-likeness (QED) is 0.276. The summed E-state index contributed by atoms with van der Waals surface area (Å²) < 4.78 is 8.22. The van der Waals surface area contributed by atoms with Crippen molar-refractivity contribution in [3.05, 3.63) is 34.7 Å². The highest BCUT2D eigenvalue weighted by molar-refractivity contribution is 14.0. The molecule has 0 atom stereocenters. The molecule has 0 spiro atoms. The van der Waals surface area contributed by atoms with Crippen LogP contribution < -0.4 is 11.1 Å². The third-order valence-electron chi connectivity index (χ3n) is 2.85. The van der Waals surface area contributed by atoms with Crippen LogP contribution >= 0.6 is 39.9 Å². The van der Waals surface area contributed by atoms with E-state index >= 15 is 0 Å². The van der Waals surface area contributed by atoms with Gasteiger partial charge in [0.25, 0.3) is 0 Å². The topological polar surface area (TPSA) is 76.9 Å². The predicted molar refractivity (Wildman–Crippen MR) is 103 cm³/mol. The van der Waals surface area contributed by atoms with Crippen LogP contribution in [-0.2, 0) is 11.3 Å². The fourth-order valence-corrected chi connectivity index (χ4v) is 2.20. The first-order chi connectivity index (χ1) is 10.2. The van der Waals surface area contributed by atoms with E-state index < -0.39 is 0 Å². The first-order valence-electron chi connectivity index (χ1n) is 6.93. The number of rotatable bonds is 7. The summed E-state index contributed by atoms with van der Waals surface area (Å²) in [7, 11) is 0. The molecule has 2 aromatic heterocycles. The van der Waals surface area contributed by atoms with Crippen LogP contribution in [-0.4, -0.2) is 35.1 Å². The maximum atomic E-state index is 5.81. The van der Waals surface area contributed by atoms with Gasteiger partial charge in [-0.15, -0.1) is 24.0 Å². The summed E-state index contributed by atoms with van der Waals surface area (Å²) in [5.74, 6) is 0.435. The maximum absolute atomic E-state index is 5.81. The molecule has 8 heteroatoms. The van der Waals surface area contributed by atoms with Crippen molar-refractivity contribution in [2.45, 2.75) is 19.9 Å². The fourth-order valence-electron chi connectivity index (χ4n) is 1.85. The lowest BCUT2D eigenvalue weighted by Crippen LogP contribution is -2.32. The molecule has 6 nitrogen and oxygen atoms in total. The molecule has 0 fully saturated rings. The molecule has 0 saturated carbocycles. The molecule has 122 valence electrons. The molecule has 0 aliphatic rings. The summed E-state index contributed by atoms with van der Waals surface area (Å²) in [6.07, 6.45) is 4.82. The van der Waals surface area contributed by atoms with Gasteiger partial charge in [-0.1, -0.05) is 0 Å². The Morgan fingerprint density at radius 3 is 3.05 bits per heavy atom. The van der Waals surface area contributed by atoms with Crippen LogP contribution in [0.25, 0.3) is 5.65 Å². The van der Waals surface area contributed by atoms with E-state index in [1.54, 1.807) is 0 Å². The van der Waals surface area contributed by atoms with Crippen LogP contribution in [0.15, 0.2) is 34.0 Å². The minimum Gasteiger partial charge on any atom is -0.382 e. The lowest BCUT2D eigenvalue weighted by molar-refractivity contribution is 0.145. The highest BCUT2D eigenvalue weighted by Gasteiger charge is 2.01. The van der Waals surface area contributed by atoms with Gasteiger partial charge in [0.2, 0.25) is 0 Å². The highest BCUT2D eigenvalue weighted by atomic mass is 127. The number of ether oxygens (including phenoxy) is 1. The molecular formula is C14H21BrIN5O. The van der Waals surface area contributed by atoms with Gasteiger partial charge in [-0.05, 0) is 41.4 Å². The Morgan fingerprint density at radius 2 is 2.27 bits per heavy atom. The van der Waals surface area contributed by atoms with Gasteiger partial charge in [0.15, 0.2) is 5.96 Å². The highest BCUT2D eigenvalue weighted by Crippen LogP contribution is 2.12. The Bertz CT molecular complexity index is 616. The van der Waals surface area contributed by atoms with E-state index in [4.69, 9.17) is 10.5 Å². The van der Waals surface area contributed by atoms with Crippen molar-refractivity contribution in [3.63, 3.8) is 0 Å². The van der Waals surface area contributed by atoms with Crippen LogP contribution in [0.1, 0.15) is 19.0 Å². The zero-order chi connectivity index (χ0) is 15.1. The molecule has 0 amide bonds. The van der Waals surface area contributed by atoms with Crippen LogP contribution in [0, 0.1) is 0 Å². The van der Waals surface area contributed by atoms with Gasteiger partial charge in [0.1, 0.15) is 5.65 Å². The second-order valence-corrected chi connectivity index (χ2v) is 5.44. The molecule has 0 unspecified atom stereocenters. The number of halogens is 2. The molecule has 0 aromatic carbocycles. The van der Waals surface area contributed by atoms with E-state index in [0.29, 0.717) is 12.5 Å². The van der Waals surface area contributed by atoms with Gasteiger partial charge < -0.3 is 20.2 Å². The van der Waals surface area contributed by atoms with E-state index in [1.165, 1.54) is 0 Å². The number of pyridine rings is 1. The number of aromatic nitrogens is 2. The third-order valence-corrected chi connectivity index (χ3v) is 3.32. The average molecular weight is 482 g/mol. The molecule has 0 bridgehead atoms. The minimum absolute atomic E-state index is 0. The van der Waals surface area contributed by atoms with Crippen LogP contribution in [0.4, 0.5) is 0 Å². The van der Waals surface area contributed by atoms with E-state index in [-0.39, 0.29) is 24.0 Å². The van der Waals surface area contributed by atoms with Gasteiger partial charge >= 0.3 is 0 Å². The van der Waals surface area contributed by atoms with Gasteiger partial charge in [-0.3, -0.25) is 0 Å². The van der Waals surface area contributed by atoms with Crippen LogP contribution in [0.5, 0.6) is 0 Å². The normalized spacial score (nSPS) is 11.5. The van der Waals surface area contributed by atoms with Crippen molar-refractivity contribution in [3.8, 4) is 0 Å². The van der Waals surface area contributed by atoms with Crippen LogP contribution in [0.2, 0.25) is 0 Å². The smallest absolute Gasteiger partial charge is 0.188 e. The Kier molecular flexibility index (Phi) is 8.72. The van der Waals surface area contributed by atoms with E-state index in [1.807, 2.05) is 35.9 Å². The molecule has 3 N–H and O–H groups in total. The van der Waals surface area contributed by atoms with Crippen molar-refractivity contribution in [1.82, 2.24) is 14.7 Å². The Morgan fingerprint density at radius 1 is 1.45 bits per heavy atom. The van der Waals surface area contributed by atoms with E-state index in [2.05, 4.69) is 31.2 Å². The first kappa shape index (κ1) is 19.2. The number of hydrogen-bond donors (Lipinski definition) is 2. The minimum atomic E-state index is 0. The second-order valence-electron chi connectivity index (χ2n) is 4.52. The van der Waals surface area contributed by atoms with Crippen LogP contribution in [0.3, 0.4) is 0 Å². The number of nitrogens with zero attached hydrogens (tertiary/aromatic N) is 3. The van der Waals surface area contributed by atoms with Crippen molar-refractivity contribution >= 4 is 51.5 Å². The first-order valence-corrected chi connectivity index (χ1v) is 7.73. The lowest BCUT2D eigenvalue weighted by Gasteiger charge is -2.05. The molecule has 0 aliphatic carbocycles. The summed E-state index contributed by atoms with van der Waals surface area (Å²) in [5, 5.41) is 3.06. The summed E-state index contributed by atoms with van der Waals surface area (Å²) in [4.78, 5) is 8.76. The SMILES string of the molecule is CCOCCCNC(N)=NCc1cn2cc(Br)ccc2n1.I. The number of nitrogens with one attached hydrogen (secondary N) is 1. The van der Waals surface area contributed by atoms with Gasteiger partial charge in [0.05, 0.1) is 12.2 Å². The Hall–Kier alpha value is -0.870. The van der Waals surface area contributed by atoms with Crippen molar-refractivity contribution in [2.24, 2.45) is 10.7 Å². The number of nitrogens with two attached hydrogens (primary N) is 1. The predicted octanol–water partition coefficient (Wildman–Crippen LogP) is 2.55. The Balaban J connectivity index is 0.00000242. The van der Waals surface area contributed by atoms with Crippen molar-refractivity contribution < 1.29 is 4.74 Å². The largest absolute Gasteiger partial charge is 0.382 e.